The highest BCUT2D eigenvalue weighted by Gasteiger charge is 2.37. The molecule has 0 aliphatic carbocycles. The minimum atomic E-state index is -3.73. The Bertz CT molecular complexity index is 1240. The summed E-state index contributed by atoms with van der Waals surface area (Å²) in [6.45, 7) is 2.19. The Kier molecular flexibility index (Phi) is 7.57. The molecule has 1 aliphatic rings. The van der Waals surface area contributed by atoms with Gasteiger partial charge in [0.2, 0.25) is 10.0 Å². The fourth-order valence-electron chi connectivity index (χ4n) is 3.75. The van der Waals surface area contributed by atoms with Crippen LogP contribution >= 0.6 is 0 Å². The van der Waals surface area contributed by atoms with Crippen LogP contribution in [-0.2, 0) is 30.9 Å². The Morgan fingerprint density at radius 1 is 0.971 bits per heavy atom. The highest BCUT2D eigenvalue weighted by atomic mass is 32.2. The van der Waals surface area contributed by atoms with Crippen LogP contribution in [0.25, 0.3) is 6.08 Å². The van der Waals surface area contributed by atoms with Gasteiger partial charge in [0.05, 0.1) is 18.0 Å². The molecule has 1 aliphatic heterocycles. The van der Waals surface area contributed by atoms with Gasteiger partial charge in [-0.15, -0.1) is 0 Å². The van der Waals surface area contributed by atoms with Crippen LogP contribution in [0.15, 0.2) is 95.4 Å². The third-order valence-corrected chi connectivity index (χ3v) is 7.38. The van der Waals surface area contributed by atoms with E-state index in [2.05, 4.69) is 0 Å². The van der Waals surface area contributed by atoms with E-state index in [-0.39, 0.29) is 24.6 Å². The van der Waals surface area contributed by atoms with Crippen molar-refractivity contribution in [1.82, 2.24) is 4.31 Å². The fraction of sp³-hybridized carbons (Fsp3) is 0.222. The Hall–Kier alpha value is -3.26. The molecule has 7 heteroatoms. The lowest BCUT2D eigenvalue weighted by molar-refractivity contribution is -0.152. The molecule has 0 saturated carbocycles. The molecule has 176 valence electrons. The van der Waals surface area contributed by atoms with Gasteiger partial charge in [0, 0.05) is 6.54 Å². The number of rotatable bonds is 8. The number of hydrogen-bond acceptors (Lipinski definition) is 5. The summed E-state index contributed by atoms with van der Waals surface area (Å²) in [5.41, 5.74) is 3.57. The normalized spacial score (nSPS) is 17.7. The van der Waals surface area contributed by atoms with Crippen molar-refractivity contribution in [1.29, 1.82) is 0 Å². The number of sulfonamides is 1. The number of aryl methyl sites for hydroxylation is 1. The molecule has 0 N–H and O–H groups in total. The standard InChI is InChI=1S/C27H27NO5S/c1-21-12-14-25(15-13-21)34(30,31)28-17-24(16-22-8-4-2-5-9-22)26(18-28)33-27(29)20-32-19-23-10-6-3-7-11-23/h2-16,26H,17-20H2,1H3/b24-16+/t26-/m0/s1. The lowest BCUT2D eigenvalue weighted by atomic mass is 10.1. The van der Waals surface area contributed by atoms with E-state index >= 15 is 0 Å². The average Bonchev–Trinajstić information content (AvgIpc) is 3.23. The van der Waals surface area contributed by atoms with Gasteiger partial charge in [-0.25, -0.2) is 13.2 Å². The highest BCUT2D eigenvalue weighted by Crippen LogP contribution is 2.28. The number of benzene rings is 3. The van der Waals surface area contributed by atoms with Crippen LogP contribution in [0.3, 0.4) is 0 Å². The second-order valence-corrected chi connectivity index (χ2v) is 10.1. The molecule has 0 amide bonds. The fourth-order valence-corrected chi connectivity index (χ4v) is 5.18. The molecular weight excluding hydrogens is 450 g/mol. The predicted molar refractivity (Wildman–Crippen MR) is 130 cm³/mol. The molecular formula is C27H27NO5S. The summed E-state index contributed by atoms with van der Waals surface area (Å²) in [5.74, 6) is -0.533. The maximum Gasteiger partial charge on any atom is 0.332 e. The van der Waals surface area contributed by atoms with E-state index in [0.717, 1.165) is 22.3 Å². The Morgan fingerprint density at radius 3 is 2.29 bits per heavy atom. The smallest absolute Gasteiger partial charge is 0.332 e. The molecule has 0 radical (unpaired) electrons. The van der Waals surface area contributed by atoms with E-state index in [9.17, 15) is 13.2 Å². The molecule has 0 unspecified atom stereocenters. The van der Waals surface area contributed by atoms with Crippen LogP contribution < -0.4 is 0 Å². The molecule has 0 bridgehead atoms. The van der Waals surface area contributed by atoms with Gasteiger partial charge in [0.25, 0.3) is 0 Å². The zero-order valence-corrected chi connectivity index (χ0v) is 19.8. The summed E-state index contributed by atoms with van der Waals surface area (Å²) in [7, 11) is -3.73. The Labute approximate surface area is 200 Å². The van der Waals surface area contributed by atoms with Crippen molar-refractivity contribution < 1.29 is 22.7 Å². The Morgan fingerprint density at radius 2 is 1.62 bits per heavy atom. The first-order valence-corrected chi connectivity index (χ1v) is 12.5. The average molecular weight is 478 g/mol. The molecule has 3 aromatic carbocycles. The van der Waals surface area contributed by atoms with Crippen molar-refractivity contribution in [2.75, 3.05) is 19.7 Å². The monoisotopic (exact) mass is 477 g/mol. The molecule has 0 spiro atoms. The van der Waals surface area contributed by atoms with Crippen LogP contribution in [0.5, 0.6) is 0 Å². The molecule has 1 atom stereocenters. The number of nitrogens with zero attached hydrogens (tertiary/aromatic N) is 1. The van der Waals surface area contributed by atoms with Crippen LogP contribution in [0.1, 0.15) is 16.7 Å². The van der Waals surface area contributed by atoms with E-state index in [1.165, 1.54) is 4.31 Å². The molecule has 1 fully saturated rings. The molecule has 3 aromatic rings. The van der Waals surface area contributed by atoms with Crippen LogP contribution in [0.4, 0.5) is 0 Å². The topological polar surface area (TPSA) is 72.9 Å². The van der Waals surface area contributed by atoms with E-state index in [1.807, 2.05) is 73.7 Å². The maximum absolute atomic E-state index is 13.2. The van der Waals surface area contributed by atoms with Crippen molar-refractivity contribution in [2.45, 2.75) is 24.5 Å². The Balaban J connectivity index is 1.48. The summed E-state index contributed by atoms with van der Waals surface area (Å²) in [6.07, 6.45) is 1.20. The molecule has 6 nitrogen and oxygen atoms in total. The summed E-state index contributed by atoms with van der Waals surface area (Å²) in [6, 6.07) is 25.8. The van der Waals surface area contributed by atoms with Crippen LogP contribution in [-0.4, -0.2) is 44.5 Å². The van der Waals surface area contributed by atoms with Crippen molar-refractivity contribution in [2.24, 2.45) is 0 Å². The van der Waals surface area contributed by atoms with E-state index in [0.29, 0.717) is 6.61 Å². The van der Waals surface area contributed by atoms with Crippen molar-refractivity contribution in [3.05, 3.63) is 107 Å². The van der Waals surface area contributed by atoms with Crippen molar-refractivity contribution in [3.8, 4) is 0 Å². The number of esters is 1. The van der Waals surface area contributed by atoms with Crippen molar-refractivity contribution >= 4 is 22.1 Å². The summed E-state index contributed by atoms with van der Waals surface area (Å²) >= 11 is 0. The number of carbonyl (C=O) groups excluding carboxylic acids is 1. The largest absolute Gasteiger partial charge is 0.455 e. The second-order valence-electron chi connectivity index (χ2n) is 8.20. The van der Waals surface area contributed by atoms with Gasteiger partial charge in [0.1, 0.15) is 12.7 Å². The van der Waals surface area contributed by atoms with Gasteiger partial charge < -0.3 is 9.47 Å². The van der Waals surface area contributed by atoms with Gasteiger partial charge in [-0.3, -0.25) is 0 Å². The molecule has 34 heavy (non-hydrogen) atoms. The number of ether oxygens (including phenoxy) is 2. The van der Waals surface area contributed by atoms with Gasteiger partial charge in [-0.1, -0.05) is 84.4 Å². The predicted octanol–water partition coefficient (Wildman–Crippen LogP) is 4.21. The van der Waals surface area contributed by atoms with E-state index < -0.39 is 22.1 Å². The van der Waals surface area contributed by atoms with E-state index in [4.69, 9.17) is 9.47 Å². The molecule has 0 aromatic heterocycles. The lowest BCUT2D eigenvalue weighted by Gasteiger charge is -2.16. The van der Waals surface area contributed by atoms with Gasteiger partial charge in [-0.05, 0) is 35.8 Å². The SMILES string of the molecule is Cc1ccc(S(=O)(=O)N2C/C(=C\c3ccccc3)[C@@H](OC(=O)COCc3ccccc3)C2)cc1. The zero-order chi connectivity index (χ0) is 24.0. The van der Waals surface area contributed by atoms with Gasteiger partial charge >= 0.3 is 5.97 Å². The summed E-state index contributed by atoms with van der Waals surface area (Å²) in [4.78, 5) is 12.7. The molecule has 1 heterocycles. The summed E-state index contributed by atoms with van der Waals surface area (Å²) < 4.78 is 39.0. The summed E-state index contributed by atoms with van der Waals surface area (Å²) in [5, 5.41) is 0. The number of carbonyl (C=O) groups is 1. The second kappa shape index (κ2) is 10.8. The number of hydrogen-bond donors (Lipinski definition) is 0. The molecule has 1 saturated heterocycles. The molecule has 4 rings (SSSR count). The van der Waals surface area contributed by atoms with Gasteiger partial charge in [-0.2, -0.15) is 4.31 Å². The first-order valence-electron chi connectivity index (χ1n) is 11.1. The lowest BCUT2D eigenvalue weighted by Crippen LogP contribution is -2.31. The first-order chi connectivity index (χ1) is 16.4. The van der Waals surface area contributed by atoms with Gasteiger partial charge in [0.15, 0.2) is 0 Å². The quantitative estimate of drug-likeness (QED) is 0.455. The maximum atomic E-state index is 13.2. The highest BCUT2D eigenvalue weighted by molar-refractivity contribution is 7.89. The first kappa shape index (κ1) is 23.9. The van der Waals surface area contributed by atoms with E-state index in [1.54, 1.807) is 24.3 Å². The van der Waals surface area contributed by atoms with Crippen LogP contribution in [0.2, 0.25) is 0 Å². The van der Waals surface area contributed by atoms with Crippen LogP contribution in [0, 0.1) is 6.92 Å². The minimum absolute atomic E-state index is 0.0549. The third-order valence-electron chi connectivity index (χ3n) is 5.56. The zero-order valence-electron chi connectivity index (χ0n) is 19.0. The van der Waals surface area contributed by atoms with Crippen molar-refractivity contribution in [3.63, 3.8) is 0 Å². The third kappa shape index (κ3) is 5.99. The minimum Gasteiger partial charge on any atom is -0.455 e.